The van der Waals surface area contributed by atoms with Crippen LogP contribution < -0.4 is 5.32 Å². The number of hydrogen-bond donors (Lipinski definition) is 3. The van der Waals surface area contributed by atoms with Gasteiger partial charge in [0.1, 0.15) is 11.2 Å². The molecule has 25 heavy (non-hydrogen) atoms. The molecule has 1 aliphatic rings. The van der Waals surface area contributed by atoms with Crippen molar-refractivity contribution in [3.63, 3.8) is 0 Å². The average Bonchev–Trinajstić information content (AvgIpc) is 2.56. The number of aliphatic hydroxyl groups is 1. The number of amides is 2. The minimum absolute atomic E-state index is 0.0523. The van der Waals surface area contributed by atoms with E-state index < -0.39 is 29.3 Å². The molecule has 2 atom stereocenters. The Balaban J connectivity index is 2.12. The van der Waals surface area contributed by atoms with E-state index in [1.807, 2.05) is 13.8 Å². The van der Waals surface area contributed by atoms with Crippen LogP contribution in [0.15, 0.2) is 24.3 Å². The van der Waals surface area contributed by atoms with Gasteiger partial charge in [0.05, 0.1) is 6.10 Å². The third-order valence-corrected chi connectivity index (χ3v) is 4.76. The standard InChI is InChI=1S/C18H25FN2O4/c1-12(2)7-9-18(16(23)24)11-21(10-8-15(18)22)17(25)20-14-5-3-13(19)4-6-14/h3-6,12,15,22H,7-11H2,1-2H3,(H,20,25)(H,23,24)/t15-,18-/m1/s1. The fourth-order valence-corrected chi connectivity index (χ4v) is 3.10. The molecule has 138 valence electrons. The van der Waals surface area contributed by atoms with Gasteiger partial charge in [0.25, 0.3) is 0 Å². The number of halogens is 1. The second-order valence-electron chi connectivity index (χ2n) is 7.06. The summed E-state index contributed by atoms with van der Waals surface area (Å²) < 4.78 is 12.9. The van der Waals surface area contributed by atoms with Crippen molar-refractivity contribution >= 4 is 17.7 Å². The molecule has 1 fully saturated rings. The number of rotatable bonds is 5. The molecule has 1 saturated heterocycles. The van der Waals surface area contributed by atoms with Crippen molar-refractivity contribution in [3.8, 4) is 0 Å². The largest absolute Gasteiger partial charge is 0.481 e. The molecule has 1 aromatic rings. The molecule has 0 aliphatic carbocycles. The summed E-state index contributed by atoms with van der Waals surface area (Å²) >= 11 is 0. The lowest BCUT2D eigenvalue weighted by atomic mass is 9.73. The summed E-state index contributed by atoms with van der Waals surface area (Å²) in [5, 5.41) is 22.7. The maximum atomic E-state index is 12.9. The van der Waals surface area contributed by atoms with Crippen LogP contribution >= 0.6 is 0 Å². The first-order chi connectivity index (χ1) is 11.7. The number of carboxylic acid groups (broad SMARTS) is 1. The molecule has 0 aromatic heterocycles. The van der Waals surface area contributed by atoms with Crippen LogP contribution in [0.5, 0.6) is 0 Å². The normalized spacial score (nSPS) is 23.6. The summed E-state index contributed by atoms with van der Waals surface area (Å²) in [6, 6.07) is 4.90. The number of anilines is 1. The van der Waals surface area contributed by atoms with Gasteiger partial charge in [0, 0.05) is 18.8 Å². The van der Waals surface area contributed by atoms with Gasteiger partial charge >= 0.3 is 12.0 Å². The van der Waals surface area contributed by atoms with Crippen LogP contribution in [-0.4, -0.2) is 46.3 Å². The maximum Gasteiger partial charge on any atom is 0.321 e. The number of nitrogens with one attached hydrogen (secondary N) is 1. The number of aliphatic hydroxyl groups excluding tert-OH is 1. The van der Waals surface area contributed by atoms with Crippen molar-refractivity contribution < 1.29 is 24.2 Å². The van der Waals surface area contributed by atoms with E-state index in [0.717, 1.165) is 0 Å². The van der Waals surface area contributed by atoms with E-state index >= 15 is 0 Å². The Labute approximate surface area is 146 Å². The molecule has 0 bridgehead atoms. The Bertz CT molecular complexity index is 620. The number of carboxylic acids is 1. The van der Waals surface area contributed by atoms with Gasteiger partial charge in [-0.25, -0.2) is 9.18 Å². The third-order valence-electron chi connectivity index (χ3n) is 4.76. The van der Waals surface area contributed by atoms with Gasteiger partial charge in [0.2, 0.25) is 0 Å². The van der Waals surface area contributed by atoms with Crippen LogP contribution in [0.2, 0.25) is 0 Å². The van der Waals surface area contributed by atoms with Crippen LogP contribution in [0, 0.1) is 17.2 Å². The SMILES string of the molecule is CC(C)CC[C@@]1(C(=O)O)CN(C(=O)Nc2ccc(F)cc2)CC[C@H]1O. The minimum atomic E-state index is -1.36. The number of hydrogen-bond acceptors (Lipinski definition) is 3. The summed E-state index contributed by atoms with van der Waals surface area (Å²) in [5.41, 5.74) is -0.927. The molecule has 2 amide bonds. The Kier molecular flexibility index (Phi) is 6.00. The van der Waals surface area contributed by atoms with Crippen LogP contribution in [0.3, 0.4) is 0 Å². The lowest BCUT2D eigenvalue weighted by Crippen LogP contribution is -2.58. The fraction of sp³-hybridized carbons (Fsp3) is 0.556. The summed E-state index contributed by atoms with van der Waals surface area (Å²) in [4.78, 5) is 25.8. The van der Waals surface area contributed by atoms with Crippen molar-refractivity contribution in [2.45, 2.75) is 39.2 Å². The Morgan fingerprint density at radius 2 is 2.00 bits per heavy atom. The lowest BCUT2D eigenvalue weighted by Gasteiger charge is -2.43. The summed E-state index contributed by atoms with van der Waals surface area (Å²) in [5.74, 6) is -1.19. The predicted octanol–water partition coefficient (Wildman–Crippen LogP) is 2.93. The number of carbonyl (C=O) groups excluding carboxylic acids is 1. The van der Waals surface area contributed by atoms with E-state index in [1.54, 1.807) is 0 Å². The van der Waals surface area contributed by atoms with Gasteiger partial charge in [-0.1, -0.05) is 13.8 Å². The van der Waals surface area contributed by atoms with Gasteiger partial charge in [-0.15, -0.1) is 0 Å². The number of benzene rings is 1. The first-order valence-corrected chi connectivity index (χ1v) is 8.47. The van der Waals surface area contributed by atoms with Crippen LogP contribution in [0.1, 0.15) is 33.1 Å². The second-order valence-corrected chi connectivity index (χ2v) is 7.06. The molecule has 6 nitrogen and oxygen atoms in total. The van der Waals surface area contributed by atoms with Crippen molar-refractivity contribution in [2.24, 2.45) is 11.3 Å². The third kappa shape index (κ3) is 4.48. The Morgan fingerprint density at radius 1 is 1.36 bits per heavy atom. The molecule has 0 spiro atoms. The maximum absolute atomic E-state index is 12.9. The molecule has 1 aliphatic heterocycles. The van der Waals surface area contributed by atoms with Crippen molar-refractivity contribution in [1.29, 1.82) is 0 Å². The van der Waals surface area contributed by atoms with Gasteiger partial charge in [-0.3, -0.25) is 4.79 Å². The number of aliphatic carboxylic acids is 1. The molecule has 1 heterocycles. The van der Waals surface area contributed by atoms with Gasteiger partial charge < -0.3 is 20.4 Å². The predicted molar refractivity (Wildman–Crippen MR) is 91.8 cm³/mol. The van der Waals surface area contributed by atoms with E-state index in [-0.39, 0.29) is 19.5 Å². The molecular weight excluding hydrogens is 327 g/mol. The Hall–Kier alpha value is -2.15. The average molecular weight is 352 g/mol. The van der Waals surface area contributed by atoms with E-state index in [9.17, 15) is 24.2 Å². The molecule has 0 radical (unpaired) electrons. The molecule has 1 aromatic carbocycles. The lowest BCUT2D eigenvalue weighted by molar-refractivity contribution is -0.162. The van der Waals surface area contributed by atoms with E-state index in [0.29, 0.717) is 24.4 Å². The molecule has 3 N–H and O–H groups in total. The molecule has 0 unspecified atom stereocenters. The molecule has 0 saturated carbocycles. The zero-order valence-electron chi connectivity index (χ0n) is 14.5. The smallest absolute Gasteiger partial charge is 0.321 e. The molecular formula is C18H25FN2O4. The zero-order chi connectivity index (χ0) is 18.6. The van der Waals surface area contributed by atoms with Gasteiger partial charge in [-0.05, 0) is 49.4 Å². The quantitative estimate of drug-likeness (QED) is 0.760. The summed E-state index contributed by atoms with van der Waals surface area (Å²) in [6.45, 7) is 4.20. The minimum Gasteiger partial charge on any atom is -0.481 e. The van der Waals surface area contributed by atoms with Crippen LogP contribution in [-0.2, 0) is 4.79 Å². The zero-order valence-corrected chi connectivity index (χ0v) is 14.5. The highest BCUT2D eigenvalue weighted by atomic mass is 19.1. The Morgan fingerprint density at radius 3 is 2.56 bits per heavy atom. The first kappa shape index (κ1) is 19.2. The highest BCUT2D eigenvalue weighted by molar-refractivity contribution is 5.90. The van der Waals surface area contributed by atoms with Gasteiger partial charge in [0.15, 0.2) is 0 Å². The van der Waals surface area contributed by atoms with Crippen molar-refractivity contribution in [3.05, 3.63) is 30.1 Å². The topological polar surface area (TPSA) is 89.9 Å². The summed E-state index contributed by atoms with van der Waals surface area (Å²) in [7, 11) is 0. The monoisotopic (exact) mass is 352 g/mol. The number of piperidine rings is 1. The van der Waals surface area contributed by atoms with Crippen LogP contribution in [0.25, 0.3) is 0 Å². The van der Waals surface area contributed by atoms with Crippen molar-refractivity contribution in [2.75, 3.05) is 18.4 Å². The van der Waals surface area contributed by atoms with Gasteiger partial charge in [-0.2, -0.15) is 0 Å². The molecule has 2 rings (SSSR count). The number of urea groups is 1. The highest BCUT2D eigenvalue weighted by Gasteiger charge is 2.49. The summed E-state index contributed by atoms with van der Waals surface area (Å²) in [6.07, 6.45) is 0.179. The van der Waals surface area contributed by atoms with E-state index in [1.165, 1.54) is 29.2 Å². The fourth-order valence-electron chi connectivity index (χ4n) is 3.10. The number of likely N-dealkylation sites (tertiary alicyclic amines) is 1. The van der Waals surface area contributed by atoms with E-state index in [2.05, 4.69) is 5.32 Å². The second kappa shape index (κ2) is 7.82. The molecule has 7 heteroatoms. The van der Waals surface area contributed by atoms with E-state index in [4.69, 9.17) is 0 Å². The first-order valence-electron chi connectivity index (χ1n) is 8.47. The van der Waals surface area contributed by atoms with Crippen LogP contribution in [0.4, 0.5) is 14.9 Å². The number of nitrogens with zero attached hydrogens (tertiary/aromatic N) is 1. The van der Waals surface area contributed by atoms with Crippen molar-refractivity contribution in [1.82, 2.24) is 4.90 Å². The number of carbonyl (C=O) groups is 2. The highest BCUT2D eigenvalue weighted by Crippen LogP contribution is 2.37.